The van der Waals surface area contributed by atoms with Gasteiger partial charge in [-0.15, -0.1) is 0 Å². The Hall–Kier alpha value is -2.63. The number of nitrogens with zero attached hydrogens (tertiary/aromatic N) is 1. The van der Waals surface area contributed by atoms with Crippen LogP contribution >= 0.6 is 0 Å². The van der Waals surface area contributed by atoms with Gasteiger partial charge in [0.25, 0.3) is 5.91 Å². The summed E-state index contributed by atoms with van der Waals surface area (Å²) in [7, 11) is 0. The van der Waals surface area contributed by atoms with Crippen molar-refractivity contribution in [2.24, 2.45) is 11.7 Å². The summed E-state index contributed by atoms with van der Waals surface area (Å²) in [5, 5.41) is 4.81. The van der Waals surface area contributed by atoms with E-state index in [4.69, 9.17) is 5.73 Å². The van der Waals surface area contributed by atoms with E-state index in [1.807, 2.05) is 0 Å². The highest BCUT2D eigenvalue weighted by Crippen LogP contribution is 2.37. The Bertz CT molecular complexity index is 929. The summed E-state index contributed by atoms with van der Waals surface area (Å²) < 4.78 is 13.7. The van der Waals surface area contributed by atoms with Crippen molar-refractivity contribution in [3.8, 4) is 0 Å². The zero-order chi connectivity index (χ0) is 16.1. The number of anilines is 1. The molecule has 5 nitrogen and oxygen atoms in total. The van der Waals surface area contributed by atoms with Crippen molar-refractivity contribution >= 4 is 33.5 Å². The molecular formula is C17H17FN4O. The van der Waals surface area contributed by atoms with Gasteiger partial charge in [0.15, 0.2) is 0 Å². The fraction of sp³-hybridized carbons (Fsp3) is 0.294. The van der Waals surface area contributed by atoms with Crippen molar-refractivity contribution in [2.45, 2.75) is 25.8 Å². The van der Waals surface area contributed by atoms with Crippen molar-refractivity contribution in [3.05, 3.63) is 35.8 Å². The molecule has 3 aromatic rings. The summed E-state index contributed by atoms with van der Waals surface area (Å²) in [4.78, 5) is 19.2. The van der Waals surface area contributed by atoms with Crippen LogP contribution in [0.4, 0.5) is 10.2 Å². The number of pyridine rings is 1. The molecule has 23 heavy (non-hydrogen) atoms. The average Bonchev–Trinajstić information content (AvgIpc) is 3.28. The lowest BCUT2D eigenvalue weighted by molar-refractivity contribution is 0.100. The van der Waals surface area contributed by atoms with E-state index in [-0.39, 0.29) is 11.9 Å². The zero-order valence-electron chi connectivity index (χ0n) is 12.7. The molecule has 1 aliphatic carbocycles. The summed E-state index contributed by atoms with van der Waals surface area (Å²) in [6.45, 7) is 2.11. The van der Waals surface area contributed by atoms with Crippen LogP contribution in [-0.4, -0.2) is 21.9 Å². The monoisotopic (exact) mass is 312 g/mol. The van der Waals surface area contributed by atoms with Crippen LogP contribution in [0.5, 0.6) is 0 Å². The second kappa shape index (κ2) is 4.94. The first-order chi connectivity index (χ1) is 11.0. The number of halogens is 1. The number of carbonyl (C=O) groups excluding carboxylic acids is 1. The number of nitrogens with two attached hydrogens (primary N) is 1. The lowest BCUT2D eigenvalue weighted by Crippen LogP contribution is -2.19. The molecule has 4 N–H and O–H groups in total. The molecule has 2 heterocycles. The maximum Gasteiger partial charge on any atom is 0.252 e. The van der Waals surface area contributed by atoms with Crippen LogP contribution in [0.1, 0.15) is 30.1 Å². The number of nitrogens with one attached hydrogen (secondary N) is 2. The van der Waals surface area contributed by atoms with Gasteiger partial charge in [0, 0.05) is 23.1 Å². The minimum absolute atomic E-state index is 0.281. The molecule has 0 radical (unpaired) electrons. The molecule has 6 heteroatoms. The van der Waals surface area contributed by atoms with Crippen LogP contribution < -0.4 is 11.1 Å². The number of hydrogen-bond donors (Lipinski definition) is 3. The van der Waals surface area contributed by atoms with Gasteiger partial charge in [-0.1, -0.05) is 0 Å². The van der Waals surface area contributed by atoms with E-state index >= 15 is 0 Å². The van der Waals surface area contributed by atoms with E-state index in [1.165, 1.54) is 31.2 Å². The quantitative estimate of drug-likeness (QED) is 0.692. The number of primary amides is 1. The molecule has 1 amide bonds. The highest BCUT2D eigenvalue weighted by atomic mass is 19.1. The number of benzene rings is 1. The Morgan fingerprint density at radius 3 is 2.96 bits per heavy atom. The number of aromatic nitrogens is 2. The van der Waals surface area contributed by atoms with Crippen molar-refractivity contribution < 1.29 is 9.18 Å². The van der Waals surface area contributed by atoms with Crippen LogP contribution in [0.15, 0.2) is 24.4 Å². The molecule has 1 unspecified atom stereocenters. The van der Waals surface area contributed by atoms with Gasteiger partial charge in [-0.3, -0.25) is 4.79 Å². The van der Waals surface area contributed by atoms with Crippen LogP contribution in [0, 0.1) is 11.7 Å². The third-order valence-electron chi connectivity index (χ3n) is 4.55. The largest absolute Gasteiger partial charge is 0.367 e. The minimum Gasteiger partial charge on any atom is -0.367 e. The number of aromatic amines is 1. The fourth-order valence-electron chi connectivity index (χ4n) is 3.10. The van der Waals surface area contributed by atoms with E-state index in [9.17, 15) is 9.18 Å². The molecule has 1 aliphatic rings. The lowest BCUT2D eigenvalue weighted by atomic mass is 10.1. The maximum absolute atomic E-state index is 13.7. The molecule has 1 aromatic carbocycles. The summed E-state index contributed by atoms with van der Waals surface area (Å²) in [6, 6.07) is 4.77. The first-order valence-corrected chi connectivity index (χ1v) is 7.71. The highest BCUT2D eigenvalue weighted by Gasteiger charge is 2.29. The topological polar surface area (TPSA) is 83.8 Å². The van der Waals surface area contributed by atoms with Gasteiger partial charge in [-0.25, -0.2) is 9.37 Å². The van der Waals surface area contributed by atoms with Crippen LogP contribution in [0.25, 0.3) is 21.8 Å². The molecule has 1 atom stereocenters. The first-order valence-electron chi connectivity index (χ1n) is 7.71. The van der Waals surface area contributed by atoms with Crippen molar-refractivity contribution in [3.63, 3.8) is 0 Å². The second-order valence-electron chi connectivity index (χ2n) is 6.22. The van der Waals surface area contributed by atoms with E-state index in [2.05, 4.69) is 22.2 Å². The summed E-state index contributed by atoms with van der Waals surface area (Å²) >= 11 is 0. The van der Waals surface area contributed by atoms with Gasteiger partial charge in [-0.05, 0) is 43.9 Å². The van der Waals surface area contributed by atoms with Gasteiger partial charge in [0.1, 0.15) is 11.6 Å². The third kappa shape index (κ3) is 2.30. The number of carbonyl (C=O) groups is 1. The molecule has 0 spiro atoms. The van der Waals surface area contributed by atoms with Crippen molar-refractivity contribution in [1.29, 1.82) is 0 Å². The first kappa shape index (κ1) is 14.0. The highest BCUT2D eigenvalue weighted by molar-refractivity contribution is 6.18. The lowest BCUT2D eigenvalue weighted by Gasteiger charge is -2.15. The second-order valence-corrected chi connectivity index (χ2v) is 6.22. The van der Waals surface area contributed by atoms with E-state index in [1.54, 1.807) is 6.07 Å². The smallest absolute Gasteiger partial charge is 0.252 e. The molecule has 1 saturated carbocycles. The molecule has 2 aromatic heterocycles. The average molecular weight is 312 g/mol. The normalized spacial score (nSPS) is 15.9. The molecule has 0 bridgehead atoms. The molecule has 4 rings (SSSR count). The van der Waals surface area contributed by atoms with Crippen molar-refractivity contribution in [1.82, 2.24) is 9.97 Å². The van der Waals surface area contributed by atoms with Gasteiger partial charge in [0.05, 0.1) is 16.5 Å². The Kier molecular flexibility index (Phi) is 3.01. The van der Waals surface area contributed by atoms with Crippen LogP contribution in [-0.2, 0) is 0 Å². The Morgan fingerprint density at radius 2 is 2.26 bits per heavy atom. The number of rotatable bonds is 4. The number of H-pyrrole nitrogens is 1. The van der Waals surface area contributed by atoms with Crippen LogP contribution in [0.3, 0.4) is 0 Å². The van der Waals surface area contributed by atoms with E-state index in [0.717, 1.165) is 5.52 Å². The van der Waals surface area contributed by atoms with Gasteiger partial charge in [-0.2, -0.15) is 0 Å². The molecule has 118 valence electrons. The predicted octanol–water partition coefficient (Wildman–Crippen LogP) is 3.16. The SMILES string of the molecule is CC(Nc1ncc(C(N)=O)c2[nH]c3ccc(F)cc3c12)C1CC1. The summed E-state index contributed by atoms with van der Waals surface area (Å²) in [6.07, 6.45) is 3.89. The third-order valence-corrected chi connectivity index (χ3v) is 4.55. The molecular weight excluding hydrogens is 295 g/mol. The van der Waals surface area contributed by atoms with E-state index < -0.39 is 5.91 Å². The summed E-state index contributed by atoms with van der Waals surface area (Å²) in [5.74, 6) is 0.409. The standard InChI is InChI=1S/C17H17FN4O/c1-8(9-2-3-9)21-17-14-11-6-10(18)4-5-13(11)22-15(14)12(7-20-17)16(19)23/h4-9,22H,2-3H2,1H3,(H2,19,23)(H,20,21). The molecule has 0 aliphatic heterocycles. The Morgan fingerprint density at radius 1 is 1.48 bits per heavy atom. The summed E-state index contributed by atoms with van der Waals surface area (Å²) in [5.41, 5.74) is 7.10. The van der Waals surface area contributed by atoms with Gasteiger partial charge in [0.2, 0.25) is 0 Å². The number of fused-ring (bicyclic) bond motifs is 3. The Balaban J connectivity index is 1.98. The van der Waals surface area contributed by atoms with Crippen LogP contribution in [0.2, 0.25) is 0 Å². The predicted molar refractivity (Wildman–Crippen MR) is 87.9 cm³/mol. The Labute approximate surface area is 132 Å². The molecule has 0 saturated heterocycles. The van der Waals surface area contributed by atoms with Gasteiger partial charge >= 0.3 is 0 Å². The molecule has 1 fully saturated rings. The minimum atomic E-state index is -0.559. The number of hydrogen-bond acceptors (Lipinski definition) is 3. The maximum atomic E-state index is 13.7. The fourth-order valence-corrected chi connectivity index (χ4v) is 3.10. The van der Waals surface area contributed by atoms with Gasteiger partial charge < -0.3 is 16.0 Å². The van der Waals surface area contributed by atoms with E-state index in [0.29, 0.717) is 33.6 Å². The van der Waals surface area contributed by atoms with Crippen molar-refractivity contribution in [2.75, 3.05) is 5.32 Å². The number of amides is 1. The zero-order valence-corrected chi connectivity index (χ0v) is 12.7.